The van der Waals surface area contributed by atoms with Gasteiger partial charge >= 0.3 is 0 Å². The summed E-state index contributed by atoms with van der Waals surface area (Å²) in [6.45, 7) is 4.62. The molecule has 0 saturated heterocycles. The van der Waals surface area contributed by atoms with Crippen molar-refractivity contribution in [1.29, 1.82) is 0 Å². The largest absolute Gasteiger partial charge is 0.382 e. The minimum Gasteiger partial charge on any atom is -0.382 e. The topological polar surface area (TPSA) is 38.0 Å². The fourth-order valence-corrected chi connectivity index (χ4v) is 1.58. The van der Waals surface area contributed by atoms with Crippen LogP contribution in [-0.2, 0) is 6.54 Å². The summed E-state index contributed by atoms with van der Waals surface area (Å²) in [5, 5.41) is 3.38. The van der Waals surface area contributed by atoms with E-state index in [1.54, 1.807) is 6.07 Å². The Bertz CT molecular complexity index is 308. The zero-order chi connectivity index (χ0) is 11.3. The molecular formula is C12H19FN2. The highest BCUT2D eigenvalue weighted by molar-refractivity contribution is 5.51. The number of halogens is 1. The van der Waals surface area contributed by atoms with E-state index in [0.29, 0.717) is 12.6 Å². The van der Waals surface area contributed by atoms with E-state index < -0.39 is 0 Å². The van der Waals surface area contributed by atoms with Crippen molar-refractivity contribution < 1.29 is 4.39 Å². The second-order valence-electron chi connectivity index (χ2n) is 3.66. The van der Waals surface area contributed by atoms with E-state index in [4.69, 9.17) is 5.73 Å². The molecule has 84 valence electrons. The minimum absolute atomic E-state index is 0.231. The summed E-state index contributed by atoms with van der Waals surface area (Å²) < 4.78 is 13.0. The van der Waals surface area contributed by atoms with Crippen molar-refractivity contribution in [1.82, 2.24) is 0 Å². The fraction of sp³-hybridized carbons (Fsp3) is 0.500. The molecule has 0 unspecified atom stereocenters. The second-order valence-corrected chi connectivity index (χ2v) is 3.66. The highest BCUT2D eigenvalue weighted by Gasteiger charge is 2.07. The first-order valence-electron chi connectivity index (χ1n) is 5.46. The van der Waals surface area contributed by atoms with E-state index in [1.165, 1.54) is 12.1 Å². The van der Waals surface area contributed by atoms with Crippen molar-refractivity contribution in [2.75, 3.05) is 5.32 Å². The van der Waals surface area contributed by atoms with Crippen LogP contribution in [0.4, 0.5) is 10.1 Å². The molecule has 0 saturated carbocycles. The second kappa shape index (κ2) is 5.71. The lowest BCUT2D eigenvalue weighted by molar-refractivity contribution is 0.624. The number of nitrogens with two attached hydrogens (primary N) is 1. The lowest BCUT2D eigenvalue weighted by atomic mass is 10.1. The summed E-state index contributed by atoms with van der Waals surface area (Å²) in [6, 6.07) is 5.14. The maximum atomic E-state index is 13.0. The summed E-state index contributed by atoms with van der Waals surface area (Å²) in [6.07, 6.45) is 2.11. The molecule has 2 nitrogen and oxygen atoms in total. The lowest BCUT2D eigenvalue weighted by Crippen LogP contribution is -2.18. The maximum absolute atomic E-state index is 13.0. The number of hydrogen-bond donors (Lipinski definition) is 2. The fourth-order valence-electron chi connectivity index (χ4n) is 1.58. The van der Waals surface area contributed by atoms with E-state index >= 15 is 0 Å². The molecule has 3 N–H and O–H groups in total. The number of hydrogen-bond acceptors (Lipinski definition) is 2. The Hall–Kier alpha value is -1.09. The maximum Gasteiger partial charge on any atom is 0.123 e. The van der Waals surface area contributed by atoms with Crippen LogP contribution in [0.5, 0.6) is 0 Å². The molecule has 3 heteroatoms. The molecule has 0 radical (unpaired) electrons. The first kappa shape index (κ1) is 12.0. The van der Waals surface area contributed by atoms with Crippen LogP contribution < -0.4 is 11.1 Å². The Morgan fingerprint density at radius 2 is 2.00 bits per heavy atom. The summed E-state index contributed by atoms with van der Waals surface area (Å²) >= 11 is 0. The SMILES string of the molecule is CCC(CC)Nc1ccc(F)cc1CN. The van der Waals surface area contributed by atoms with Gasteiger partial charge in [-0.15, -0.1) is 0 Å². The molecule has 15 heavy (non-hydrogen) atoms. The van der Waals surface area contributed by atoms with Crippen molar-refractivity contribution >= 4 is 5.69 Å². The highest BCUT2D eigenvalue weighted by Crippen LogP contribution is 2.18. The summed E-state index contributed by atoms with van der Waals surface area (Å²) in [5.74, 6) is -0.231. The quantitative estimate of drug-likeness (QED) is 0.784. The monoisotopic (exact) mass is 210 g/mol. The normalized spacial score (nSPS) is 10.7. The Balaban J connectivity index is 2.83. The highest BCUT2D eigenvalue weighted by atomic mass is 19.1. The van der Waals surface area contributed by atoms with Crippen molar-refractivity contribution in [3.63, 3.8) is 0 Å². The van der Waals surface area contributed by atoms with Gasteiger partial charge in [-0.1, -0.05) is 13.8 Å². The molecular weight excluding hydrogens is 191 g/mol. The molecule has 1 aromatic carbocycles. The summed E-state index contributed by atoms with van der Waals surface area (Å²) in [4.78, 5) is 0. The first-order valence-corrected chi connectivity index (χ1v) is 5.46. The molecule has 0 aromatic heterocycles. The lowest BCUT2D eigenvalue weighted by Gasteiger charge is -2.18. The first-order chi connectivity index (χ1) is 7.21. The number of nitrogens with one attached hydrogen (secondary N) is 1. The molecule has 0 aliphatic carbocycles. The van der Waals surface area contributed by atoms with Gasteiger partial charge in [0.05, 0.1) is 0 Å². The molecule has 0 atom stereocenters. The molecule has 0 spiro atoms. The molecule has 1 rings (SSSR count). The molecule has 1 aromatic rings. The van der Waals surface area contributed by atoms with E-state index in [2.05, 4.69) is 19.2 Å². The minimum atomic E-state index is -0.231. The Morgan fingerprint density at radius 1 is 1.33 bits per heavy atom. The van der Waals surface area contributed by atoms with Crippen molar-refractivity contribution in [3.8, 4) is 0 Å². The molecule has 0 bridgehead atoms. The van der Waals surface area contributed by atoms with Crippen molar-refractivity contribution in [3.05, 3.63) is 29.6 Å². The molecule has 0 aliphatic heterocycles. The Morgan fingerprint density at radius 3 is 2.53 bits per heavy atom. The van der Waals surface area contributed by atoms with Crippen molar-refractivity contribution in [2.45, 2.75) is 39.3 Å². The van der Waals surface area contributed by atoms with Gasteiger partial charge in [0.15, 0.2) is 0 Å². The van der Waals surface area contributed by atoms with E-state index in [9.17, 15) is 4.39 Å². The van der Waals surface area contributed by atoms with Crippen LogP contribution in [0.2, 0.25) is 0 Å². The van der Waals surface area contributed by atoms with Crippen molar-refractivity contribution in [2.24, 2.45) is 5.73 Å². The molecule has 0 heterocycles. The third kappa shape index (κ3) is 3.20. The van der Waals surface area contributed by atoms with E-state index in [-0.39, 0.29) is 5.82 Å². The van der Waals surface area contributed by atoms with Gasteiger partial charge < -0.3 is 11.1 Å². The average molecular weight is 210 g/mol. The third-order valence-electron chi connectivity index (χ3n) is 2.63. The van der Waals surface area contributed by atoms with Gasteiger partial charge in [-0.05, 0) is 36.6 Å². The van der Waals surface area contributed by atoms with Gasteiger partial charge in [0, 0.05) is 18.3 Å². The van der Waals surface area contributed by atoms with Crippen LogP contribution in [0.3, 0.4) is 0 Å². The number of anilines is 1. The van der Waals surface area contributed by atoms with Crippen LogP contribution >= 0.6 is 0 Å². The van der Waals surface area contributed by atoms with Crippen LogP contribution in [0.1, 0.15) is 32.3 Å². The summed E-state index contributed by atoms with van der Waals surface area (Å²) in [7, 11) is 0. The van der Waals surface area contributed by atoms with Crippen LogP contribution in [0.15, 0.2) is 18.2 Å². The van der Waals surface area contributed by atoms with E-state index in [0.717, 1.165) is 24.1 Å². The summed E-state index contributed by atoms with van der Waals surface area (Å²) in [5.41, 5.74) is 7.36. The third-order valence-corrected chi connectivity index (χ3v) is 2.63. The standard InChI is InChI=1S/C12H19FN2/c1-3-11(4-2)15-12-6-5-10(13)7-9(12)8-14/h5-7,11,15H,3-4,8,14H2,1-2H3. The average Bonchev–Trinajstić information content (AvgIpc) is 2.27. The molecule has 0 aliphatic rings. The van der Waals surface area contributed by atoms with E-state index in [1.807, 2.05) is 0 Å². The molecule has 0 fully saturated rings. The van der Waals surface area contributed by atoms with Gasteiger partial charge in [0.2, 0.25) is 0 Å². The Kier molecular flexibility index (Phi) is 4.56. The van der Waals surface area contributed by atoms with Crippen LogP contribution in [-0.4, -0.2) is 6.04 Å². The van der Waals surface area contributed by atoms with Gasteiger partial charge in [-0.3, -0.25) is 0 Å². The number of benzene rings is 1. The zero-order valence-corrected chi connectivity index (χ0v) is 9.39. The van der Waals surface area contributed by atoms with Gasteiger partial charge in [-0.2, -0.15) is 0 Å². The predicted octanol–water partition coefficient (Wildman–Crippen LogP) is 2.88. The van der Waals surface area contributed by atoms with Crippen LogP contribution in [0.25, 0.3) is 0 Å². The van der Waals surface area contributed by atoms with Crippen LogP contribution in [0, 0.1) is 5.82 Å². The van der Waals surface area contributed by atoms with Gasteiger partial charge in [0.1, 0.15) is 5.82 Å². The smallest absolute Gasteiger partial charge is 0.123 e. The Labute approximate surface area is 90.7 Å². The zero-order valence-electron chi connectivity index (χ0n) is 9.39. The predicted molar refractivity (Wildman–Crippen MR) is 62.3 cm³/mol. The van der Waals surface area contributed by atoms with Gasteiger partial charge in [0.25, 0.3) is 0 Å². The number of rotatable bonds is 5. The van der Waals surface area contributed by atoms with Gasteiger partial charge in [-0.25, -0.2) is 4.39 Å². The molecule has 0 amide bonds.